The largest absolute Gasteiger partial charge is 0.507 e. The van der Waals surface area contributed by atoms with Crippen LogP contribution in [0.15, 0.2) is 66.8 Å². The summed E-state index contributed by atoms with van der Waals surface area (Å²) < 4.78 is 5.48. The smallest absolute Gasteiger partial charge is 0.295 e. The van der Waals surface area contributed by atoms with Crippen LogP contribution in [0.4, 0.5) is 0 Å². The van der Waals surface area contributed by atoms with Crippen molar-refractivity contribution in [1.82, 2.24) is 9.80 Å². The molecule has 6 heteroatoms. The van der Waals surface area contributed by atoms with E-state index in [-0.39, 0.29) is 11.3 Å². The third-order valence-corrected chi connectivity index (χ3v) is 5.22. The van der Waals surface area contributed by atoms with E-state index in [9.17, 15) is 14.7 Å². The third-order valence-electron chi connectivity index (χ3n) is 5.22. The highest BCUT2D eigenvalue weighted by Gasteiger charge is 2.45. The lowest BCUT2D eigenvalue weighted by Crippen LogP contribution is -2.35. The van der Waals surface area contributed by atoms with Gasteiger partial charge in [-0.25, -0.2) is 0 Å². The van der Waals surface area contributed by atoms with E-state index in [4.69, 9.17) is 4.74 Å². The first-order valence-electron chi connectivity index (χ1n) is 10.2. The Morgan fingerprint density at radius 1 is 1.13 bits per heavy atom. The van der Waals surface area contributed by atoms with Crippen LogP contribution < -0.4 is 4.74 Å². The topological polar surface area (TPSA) is 70.1 Å². The fraction of sp³-hybridized carbons (Fsp3) is 0.280. The Kier molecular flexibility index (Phi) is 6.92. The normalized spacial score (nSPS) is 17.9. The number of Topliss-reactive ketones (excluding diaryl/α,β-unsaturated/α-hetero) is 1. The zero-order valence-electron chi connectivity index (χ0n) is 18.2. The van der Waals surface area contributed by atoms with Gasteiger partial charge in [-0.2, -0.15) is 0 Å². The Labute approximate surface area is 183 Å². The van der Waals surface area contributed by atoms with Crippen molar-refractivity contribution < 1.29 is 19.4 Å². The Bertz CT molecular complexity index is 991. The van der Waals surface area contributed by atoms with Gasteiger partial charge < -0.3 is 19.6 Å². The predicted octanol–water partition coefficient (Wildman–Crippen LogP) is 3.54. The quantitative estimate of drug-likeness (QED) is 0.306. The molecular weight excluding hydrogens is 392 g/mol. The van der Waals surface area contributed by atoms with Crippen LogP contribution in [-0.2, 0) is 9.59 Å². The molecule has 1 aliphatic rings. The molecule has 3 rings (SSSR count). The van der Waals surface area contributed by atoms with Crippen LogP contribution in [0.1, 0.15) is 22.7 Å². The van der Waals surface area contributed by atoms with Crippen molar-refractivity contribution in [3.05, 3.63) is 83.4 Å². The number of carbonyl (C=O) groups is 2. The molecule has 0 spiro atoms. The number of ether oxygens (including phenoxy) is 1. The standard InChI is InChI=1S/C25H28N2O4/c1-5-16-31-20-12-10-19(11-13-20)23(28)21-22(18-8-6-17(2)7-9-18)27(15-14-26(3)4)25(30)24(21)29/h5-13,22,28H,1,14-16H2,2-4H3/t22-/m1/s1. The fourth-order valence-corrected chi connectivity index (χ4v) is 3.53. The highest BCUT2D eigenvalue weighted by atomic mass is 16.5. The highest BCUT2D eigenvalue weighted by Crippen LogP contribution is 2.39. The molecule has 1 atom stereocenters. The molecule has 1 fully saturated rings. The Hall–Kier alpha value is -3.38. The van der Waals surface area contributed by atoms with E-state index in [1.807, 2.05) is 50.2 Å². The van der Waals surface area contributed by atoms with Gasteiger partial charge in [0.15, 0.2) is 0 Å². The van der Waals surface area contributed by atoms with Crippen molar-refractivity contribution in [3.8, 4) is 5.75 Å². The van der Waals surface area contributed by atoms with Crippen molar-refractivity contribution in [2.75, 3.05) is 33.8 Å². The summed E-state index contributed by atoms with van der Waals surface area (Å²) in [6.07, 6.45) is 1.64. The number of aryl methyl sites for hydroxylation is 1. The summed E-state index contributed by atoms with van der Waals surface area (Å²) in [5, 5.41) is 11.1. The number of amides is 1. The molecule has 0 unspecified atom stereocenters. The molecular formula is C25H28N2O4. The maximum absolute atomic E-state index is 13.0. The van der Waals surface area contributed by atoms with Crippen LogP contribution >= 0.6 is 0 Å². The Balaban J connectivity index is 2.05. The molecule has 1 saturated heterocycles. The third kappa shape index (κ3) is 4.86. The molecule has 31 heavy (non-hydrogen) atoms. The summed E-state index contributed by atoms with van der Waals surface area (Å²) in [7, 11) is 3.82. The van der Waals surface area contributed by atoms with E-state index < -0.39 is 17.7 Å². The number of carbonyl (C=O) groups excluding carboxylic acids is 2. The first-order valence-corrected chi connectivity index (χ1v) is 10.2. The van der Waals surface area contributed by atoms with Gasteiger partial charge in [0.25, 0.3) is 11.7 Å². The van der Waals surface area contributed by atoms with Gasteiger partial charge in [0.2, 0.25) is 0 Å². The maximum Gasteiger partial charge on any atom is 0.295 e. The van der Waals surface area contributed by atoms with Gasteiger partial charge in [-0.05, 0) is 50.8 Å². The molecule has 1 aliphatic heterocycles. The summed E-state index contributed by atoms with van der Waals surface area (Å²) in [6, 6.07) is 13.8. The molecule has 0 aromatic heterocycles. The molecule has 6 nitrogen and oxygen atoms in total. The lowest BCUT2D eigenvalue weighted by molar-refractivity contribution is -0.140. The van der Waals surface area contributed by atoms with Crippen molar-refractivity contribution in [1.29, 1.82) is 0 Å². The predicted molar refractivity (Wildman–Crippen MR) is 121 cm³/mol. The summed E-state index contributed by atoms with van der Waals surface area (Å²) in [4.78, 5) is 29.3. The van der Waals surface area contributed by atoms with E-state index in [0.29, 0.717) is 31.0 Å². The number of hydrogen-bond donors (Lipinski definition) is 1. The lowest BCUT2D eigenvalue weighted by Gasteiger charge is -2.26. The van der Waals surface area contributed by atoms with Gasteiger partial charge >= 0.3 is 0 Å². The minimum Gasteiger partial charge on any atom is -0.507 e. The van der Waals surface area contributed by atoms with E-state index in [1.165, 1.54) is 0 Å². The molecule has 162 valence electrons. The van der Waals surface area contributed by atoms with Gasteiger partial charge in [-0.3, -0.25) is 9.59 Å². The zero-order valence-corrected chi connectivity index (χ0v) is 18.2. The second-order valence-electron chi connectivity index (χ2n) is 7.83. The molecule has 0 bridgehead atoms. The first kappa shape index (κ1) is 22.3. The second kappa shape index (κ2) is 9.62. The number of aliphatic hydroxyl groups is 1. The highest BCUT2D eigenvalue weighted by molar-refractivity contribution is 6.46. The minimum atomic E-state index is -0.672. The fourth-order valence-electron chi connectivity index (χ4n) is 3.53. The average molecular weight is 421 g/mol. The number of likely N-dealkylation sites (tertiary alicyclic amines) is 1. The maximum atomic E-state index is 13.0. The first-order chi connectivity index (χ1) is 14.8. The number of nitrogens with zero attached hydrogens (tertiary/aromatic N) is 2. The number of benzene rings is 2. The number of rotatable bonds is 8. The van der Waals surface area contributed by atoms with Crippen LogP contribution in [0.5, 0.6) is 5.75 Å². The minimum absolute atomic E-state index is 0.104. The van der Waals surface area contributed by atoms with Crippen molar-refractivity contribution >= 4 is 17.4 Å². The molecule has 0 radical (unpaired) electrons. The van der Waals surface area contributed by atoms with Crippen LogP contribution in [0.25, 0.3) is 5.76 Å². The van der Waals surface area contributed by atoms with Crippen LogP contribution in [0, 0.1) is 6.92 Å². The second-order valence-corrected chi connectivity index (χ2v) is 7.83. The Morgan fingerprint density at radius 3 is 2.35 bits per heavy atom. The average Bonchev–Trinajstić information content (AvgIpc) is 3.01. The van der Waals surface area contributed by atoms with Crippen molar-refractivity contribution in [2.24, 2.45) is 0 Å². The van der Waals surface area contributed by atoms with Crippen LogP contribution in [0.2, 0.25) is 0 Å². The van der Waals surface area contributed by atoms with Gasteiger partial charge in [0.1, 0.15) is 18.1 Å². The van der Waals surface area contributed by atoms with Crippen molar-refractivity contribution in [2.45, 2.75) is 13.0 Å². The van der Waals surface area contributed by atoms with E-state index in [1.54, 1.807) is 35.2 Å². The molecule has 0 aliphatic carbocycles. The van der Waals surface area contributed by atoms with Crippen LogP contribution in [-0.4, -0.2) is 60.4 Å². The van der Waals surface area contributed by atoms with E-state index in [0.717, 1.165) is 11.1 Å². The zero-order chi connectivity index (χ0) is 22.5. The van der Waals surface area contributed by atoms with E-state index in [2.05, 4.69) is 6.58 Å². The summed E-state index contributed by atoms with van der Waals surface area (Å²) >= 11 is 0. The molecule has 2 aromatic carbocycles. The molecule has 1 heterocycles. The summed E-state index contributed by atoms with van der Waals surface area (Å²) in [5.74, 6) is -0.835. The van der Waals surface area contributed by atoms with Crippen molar-refractivity contribution in [3.63, 3.8) is 0 Å². The number of ketones is 1. The summed E-state index contributed by atoms with van der Waals surface area (Å²) in [5.41, 5.74) is 2.42. The van der Waals surface area contributed by atoms with Gasteiger partial charge in [-0.15, -0.1) is 0 Å². The van der Waals surface area contributed by atoms with E-state index >= 15 is 0 Å². The van der Waals surface area contributed by atoms with Gasteiger partial charge in [0.05, 0.1) is 11.6 Å². The molecule has 1 N–H and O–H groups in total. The number of hydrogen-bond acceptors (Lipinski definition) is 5. The SMILES string of the molecule is C=CCOc1ccc(C(O)=C2C(=O)C(=O)N(CCN(C)C)[C@@H]2c2ccc(C)cc2)cc1. The summed E-state index contributed by atoms with van der Waals surface area (Å²) in [6.45, 7) is 6.94. The lowest BCUT2D eigenvalue weighted by atomic mass is 9.94. The monoisotopic (exact) mass is 420 g/mol. The Morgan fingerprint density at radius 2 is 1.77 bits per heavy atom. The number of aliphatic hydroxyl groups excluding tert-OH is 1. The van der Waals surface area contributed by atoms with Gasteiger partial charge in [0, 0.05) is 18.7 Å². The van der Waals surface area contributed by atoms with Crippen LogP contribution in [0.3, 0.4) is 0 Å². The molecule has 2 aromatic rings. The molecule has 1 amide bonds. The van der Waals surface area contributed by atoms with Gasteiger partial charge in [-0.1, -0.05) is 42.5 Å². The number of likely N-dealkylation sites (N-methyl/N-ethyl adjacent to an activating group) is 1. The molecule has 0 saturated carbocycles.